The van der Waals surface area contributed by atoms with Gasteiger partial charge in [-0.1, -0.05) is 0 Å². The number of hydrogen-bond acceptors (Lipinski definition) is 4. The van der Waals surface area contributed by atoms with Gasteiger partial charge in [-0.25, -0.2) is 4.79 Å². The Kier molecular flexibility index (Phi) is 4.39. The van der Waals surface area contributed by atoms with Crippen LogP contribution in [-0.2, 0) is 4.79 Å². The van der Waals surface area contributed by atoms with Crippen LogP contribution in [0, 0.1) is 5.92 Å². The van der Waals surface area contributed by atoms with Crippen molar-refractivity contribution in [2.24, 2.45) is 5.92 Å². The molecular formula is C13H17N3O4. The number of piperidine rings is 1. The molecule has 1 aromatic rings. The molecule has 0 radical (unpaired) electrons. The number of aromatic hydroxyl groups is 1. The summed E-state index contributed by atoms with van der Waals surface area (Å²) >= 11 is 0. The predicted molar refractivity (Wildman–Crippen MR) is 71.5 cm³/mol. The summed E-state index contributed by atoms with van der Waals surface area (Å²) in [5.74, 6) is -0.0728. The van der Waals surface area contributed by atoms with Crippen LogP contribution in [0.1, 0.15) is 19.3 Å². The molecule has 0 aliphatic carbocycles. The molecule has 3 N–H and O–H groups in total. The number of anilines is 1. The van der Waals surface area contributed by atoms with Crippen LogP contribution >= 0.6 is 0 Å². The van der Waals surface area contributed by atoms with Crippen molar-refractivity contribution in [3.63, 3.8) is 0 Å². The van der Waals surface area contributed by atoms with Crippen molar-refractivity contribution in [2.75, 3.05) is 18.4 Å². The van der Waals surface area contributed by atoms with Gasteiger partial charge in [0.25, 0.3) is 0 Å². The quantitative estimate of drug-likeness (QED) is 0.778. The monoisotopic (exact) mass is 279 g/mol. The largest absolute Gasteiger partial charge is 0.504 e. The lowest BCUT2D eigenvalue weighted by molar-refractivity contribution is -0.117. The van der Waals surface area contributed by atoms with Gasteiger partial charge in [-0.2, -0.15) is 0 Å². The second kappa shape index (κ2) is 6.23. The smallest absolute Gasteiger partial charge is 0.407 e. The maximum Gasteiger partial charge on any atom is 0.407 e. The Bertz CT molecular complexity index is 498. The molecule has 0 aromatic carbocycles. The van der Waals surface area contributed by atoms with E-state index in [1.54, 1.807) is 0 Å². The third-order valence-corrected chi connectivity index (χ3v) is 3.43. The van der Waals surface area contributed by atoms with Crippen LogP contribution in [-0.4, -0.2) is 45.2 Å². The van der Waals surface area contributed by atoms with E-state index in [0.29, 0.717) is 38.0 Å². The summed E-state index contributed by atoms with van der Waals surface area (Å²) in [6.45, 7) is 0.932. The van der Waals surface area contributed by atoms with E-state index in [4.69, 9.17) is 5.11 Å². The molecule has 7 heteroatoms. The van der Waals surface area contributed by atoms with Crippen LogP contribution in [0.2, 0.25) is 0 Å². The first-order valence-electron chi connectivity index (χ1n) is 6.47. The van der Waals surface area contributed by atoms with Crippen LogP contribution in [0.4, 0.5) is 10.5 Å². The van der Waals surface area contributed by atoms with E-state index < -0.39 is 6.09 Å². The van der Waals surface area contributed by atoms with Gasteiger partial charge in [0, 0.05) is 25.7 Å². The number of nitrogens with one attached hydrogen (secondary N) is 1. The fourth-order valence-corrected chi connectivity index (χ4v) is 2.28. The highest BCUT2D eigenvalue weighted by Crippen LogP contribution is 2.23. The van der Waals surface area contributed by atoms with Crippen molar-refractivity contribution in [2.45, 2.75) is 19.3 Å². The molecule has 1 aliphatic rings. The molecule has 1 aliphatic heterocycles. The van der Waals surface area contributed by atoms with Gasteiger partial charge in [0.2, 0.25) is 5.91 Å². The zero-order chi connectivity index (χ0) is 14.5. The van der Waals surface area contributed by atoms with Crippen molar-refractivity contribution < 1.29 is 19.8 Å². The molecule has 0 atom stereocenters. The Morgan fingerprint density at radius 1 is 1.40 bits per heavy atom. The van der Waals surface area contributed by atoms with Crippen molar-refractivity contribution in [1.29, 1.82) is 0 Å². The van der Waals surface area contributed by atoms with E-state index in [1.807, 2.05) is 0 Å². The van der Waals surface area contributed by atoms with Crippen molar-refractivity contribution in [3.8, 4) is 5.75 Å². The first-order chi connectivity index (χ1) is 9.56. The minimum atomic E-state index is -0.908. The minimum absolute atomic E-state index is 0.0680. The van der Waals surface area contributed by atoms with Gasteiger partial charge < -0.3 is 20.4 Å². The molecule has 1 aromatic heterocycles. The average Bonchev–Trinajstić information content (AvgIpc) is 2.42. The summed E-state index contributed by atoms with van der Waals surface area (Å²) in [6.07, 6.45) is 3.54. The lowest BCUT2D eigenvalue weighted by Gasteiger charge is -2.29. The number of carboxylic acid groups (broad SMARTS) is 1. The van der Waals surface area contributed by atoms with Crippen molar-refractivity contribution in [3.05, 3.63) is 18.5 Å². The number of amides is 2. The number of nitrogens with zero attached hydrogens (tertiary/aromatic N) is 2. The molecule has 20 heavy (non-hydrogen) atoms. The topological polar surface area (TPSA) is 103 Å². The molecule has 0 unspecified atom stereocenters. The third-order valence-electron chi connectivity index (χ3n) is 3.43. The average molecular weight is 279 g/mol. The molecule has 0 spiro atoms. The zero-order valence-electron chi connectivity index (χ0n) is 11.0. The number of rotatable bonds is 3. The van der Waals surface area contributed by atoms with Gasteiger partial charge in [0.05, 0.1) is 11.9 Å². The van der Waals surface area contributed by atoms with Crippen molar-refractivity contribution >= 4 is 17.7 Å². The highest BCUT2D eigenvalue weighted by atomic mass is 16.4. The van der Waals surface area contributed by atoms with Gasteiger partial charge in [-0.3, -0.25) is 9.78 Å². The highest BCUT2D eigenvalue weighted by molar-refractivity contribution is 5.92. The zero-order valence-corrected chi connectivity index (χ0v) is 11.0. The molecule has 108 valence electrons. The third kappa shape index (κ3) is 3.59. The Hall–Kier alpha value is -2.31. The number of likely N-dealkylation sites (tertiary alicyclic amines) is 1. The van der Waals surface area contributed by atoms with Gasteiger partial charge in [-0.15, -0.1) is 0 Å². The number of pyridine rings is 1. The van der Waals surface area contributed by atoms with E-state index in [0.717, 1.165) is 0 Å². The standard InChI is InChI=1S/C13H17N3O4/c17-11-8-14-4-1-10(11)15-12(18)7-9-2-5-16(6-3-9)13(19)20/h1,4,8-9,17H,2-3,5-7H2,(H,19,20)(H,14,15,18). The molecule has 2 amide bonds. The van der Waals surface area contributed by atoms with Gasteiger partial charge in [-0.05, 0) is 24.8 Å². The predicted octanol–water partition coefficient (Wildman–Crippen LogP) is 1.51. The van der Waals surface area contributed by atoms with Crippen LogP contribution in [0.25, 0.3) is 0 Å². The van der Waals surface area contributed by atoms with Crippen molar-refractivity contribution in [1.82, 2.24) is 9.88 Å². The van der Waals surface area contributed by atoms with E-state index >= 15 is 0 Å². The Morgan fingerprint density at radius 2 is 2.10 bits per heavy atom. The van der Waals surface area contributed by atoms with Gasteiger partial charge in [0.1, 0.15) is 0 Å². The molecule has 0 saturated carbocycles. The van der Waals surface area contributed by atoms with Gasteiger partial charge >= 0.3 is 6.09 Å². The van der Waals surface area contributed by atoms with Crippen LogP contribution in [0.15, 0.2) is 18.5 Å². The fraction of sp³-hybridized carbons (Fsp3) is 0.462. The fourth-order valence-electron chi connectivity index (χ4n) is 2.28. The maximum atomic E-state index is 11.9. The normalized spacial score (nSPS) is 15.9. The number of hydrogen-bond donors (Lipinski definition) is 3. The van der Waals surface area contributed by atoms with Gasteiger partial charge in [0.15, 0.2) is 5.75 Å². The summed E-state index contributed by atoms with van der Waals surface area (Å²) in [4.78, 5) is 27.7. The van der Waals surface area contributed by atoms with E-state index in [9.17, 15) is 14.7 Å². The summed E-state index contributed by atoms with van der Waals surface area (Å²) in [5, 5.41) is 21.0. The van der Waals surface area contributed by atoms with Crippen LogP contribution in [0.3, 0.4) is 0 Å². The summed E-state index contributed by atoms with van der Waals surface area (Å²) in [7, 11) is 0. The SMILES string of the molecule is O=C(CC1CCN(C(=O)O)CC1)Nc1ccncc1O. The Balaban J connectivity index is 1.81. The molecule has 7 nitrogen and oxygen atoms in total. The summed E-state index contributed by atoms with van der Waals surface area (Å²) < 4.78 is 0. The molecule has 1 fully saturated rings. The first kappa shape index (κ1) is 14.1. The second-order valence-electron chi connectivity index (χ2n) is 4.86. The van der Waals surface area contributed by atoms with Crippen LogP contribution in [0.5, 0.6) is 5.75 Å². The second-order valence-corrected chi connectivity index (χ2v) is 4.86. The number of aromatic nitrogens is 1. The Labute approximate surface area is 116 Å². The number of carbonyl (C=O) groups excluding carboxylic acids is 1. The van der Waals surface area contributed by atoms with E-state index in [-0.39, 0.29) is 17.6 Å². The molecule has 2 rings (SSSR count). The Morgan fingerprint density at radius 3 is 2.70 bits per heavy atom. The molecular weight excluding hydrogens is 262 g/mol. The lowest BCUT2D eigenvalue weighted by atomic mass is 9.93. The highest BCUT2D eigenvalue weighted by Gasteiger charge is 2.24. The molecule has 1 saturated heterocycles. The minimum Gasteiger partial charge on any atom is -0.504 e. The molecule has 2 heterocycles. The first-order valence-corrected chi connectivity index (χ1v) is 6.47. The number of carbonyl (C=O) groups is 2. The molecule has 0 bridgehead atoms. The maximum absolute atomic E-state index is 11.9. The van der Waals surface area contributed by atoms with E-state index in [1.165, 1.54) is 23.4 Å². The van der Waals surface area contributed by atoms with E-state index in [2.05, 4.69) is 10.3 Å². The summed E-state index contributed by atoms with van der Waals surface area (Å²) in [5.41, 5.74) is 0.341. The lowest BCUT2D eigenvalue weighted by Crippen LogP contribution is -2.38. The summed E-state index contributed by atoms with van der Waals surface area (Å²) in [6, 6.07) is 1.53. The van der Waals surface area contributed by atoms with Crippen LogP contribution < -0.4 is 5.32 Å².